The zero-order chi connectivity index (χ0) is 15.5. The van der Waals surface area contributed by atoms with E-state index in [2.05, 4.69) is 15.9 Å². The number of sulfone groups is 1. The Labute approximate surface area is 137 Å². The molecule has 0 heterocycles. The average Bonchev–Trinajstić information content (AvgIpc) is 2.44. The molecule has 1 atom stereocenters. The van der Waals surface area contributed by atoms with Crippen molar-refractivity contribution in [1.82, 2.24) is 0 Å². The highest BCUT2D eigenvalue weighted by Gasteiger charge is 2.26. The molecule has 0 spiro atoms. The van der Waals surface area contributed by atoms with E-state index < -0.39 is 21.7 Å². The fourth-order valence-corrected chi connectivity index (χ4v) is 4.06. The molecule has 0 saturated carbocycles. The third kappa shape index (κ3) is 4.30. The summed E-state index contributed by atoms with van der Waals surface area (Å²) in [6, 6.07) is 13.6. The smallest absolute Gasteiger partial charge is 0.163 e. The summed E-state index contributed by atoms with van der Waals surface area (Å²) in [5.74, 6) is -0.133. The van der Waals surface area contributed by atoms with Crippen LogP contribution in [0, 0.1) is 0 Å². The van der Waals surface area contributed by atoms with Gasteiger partial charge >= 0.3 is 0 Å². The van der Waals surface area contributed by atoms with Gasteiger partial charge in [-0.2, -0.15) is 0 Å². The highest BCUT2D eigenvalue weighted by molar-refractivity contribution is 9.10. The Hall–Kier alpha value is -0.880. The maximum absolute atomic E-state index is 12.5. The molecule has 0 aliphatic rings. The van der Waals surface area contributed by atoms with Crippen LogP contribution in [-0.2, 0) is 15.6 Å². The number of hydrogen-bond donors (Lipinski definition) is 1. The molecule has 0 bridgehead atoms. The van der Waals surface area contributed by atoms with Crippen molar-refractivity contribution in [2.45, 2.75) is 11.0 Å². The lowest BCUT2D eigenvalue weighted by Gasteiger charge is -2.16. The average molecular weight is 390 g/mol. The van der Waals surface area contributed by atoms with Crippen molar-refractivity contribution in [2.24, 2.45) is 0 Å². The van der Waals surface area contributed by atoms with E-state index in [1.54, 1.807) is 48.5 Å². The van der Waals surface area contributed by atoms with Gasteiger partial charge in [-0.15, -0.1) is 0 Å². The first kappa shape index (κ1) is 16.5. The van der Waals surface area contributed by atoms with Gasteiger partial charge in [-0.1, -0.05) is 51.8 Å². The van der Waals surface area contributed by atoms with Crippen LogP contribution < -0.4 is 0 Å². The fraction of sp³-hybridized carbons (Fsp3) is 0.200. The lowest BCUT2D eigenvalue weighted by Crippen LogP contribution is -2.19. The van der Waals surface area contributed by atoms with Crippen LogP contribution in [0.4, 0.5) is 0 Å². The quantitative estimate of drug-likeness (QED) is 0.847. The second-order valence-electron chi connectivity index (χ2n) is 4.66. The highest BCUT2D eigenvalue weighted by atomic mass is 79.9. The van der Waals surface area contributed by atoms with Crippen molar-refractivity contribution in [3.05, 3.63) is 69.2 Å². The molecule has 2 rings (SSSR count). The summed E-state index contributed by atoms with van der Waals surface area (Å²) >= 11 is 9.09. The summed E-state index contributed by atoms with van der Waals surface area (Å²) in [6.07, 6.45) is 0. The van der Waals surface area contributed by atoms with Crippen molar-refractivity contribution >= 4 is 37.4 Å². The molecule has 0 aliphatic heterocycles. The molecule has 0 aliphatic carbocycles. The zero-order valence-corrected chi connectivity index (χ0v) is 14.2. The van der Waals surface area contributed by atoms with Crippen LogP contribution in [0.5, 0.6) is 0 Å². The Morgan fingerprint density at radius 2 is 1.62 bits per heavy atom. The van der Waals surface area contributed by atoms with E-state index in [0.29, 0.717) is 16.1 Å². The minimum Gasteiger partial charge on any atom is -0.395 e. The van der Waals surface area contributed by atoms with Crippen molar-refractivity contribution < 1.29 is 13.5 Å². The molecule has 112 valence electrons. The Balaban J connectivity index is 2.27. The molecule has 0 saturated heterocycles. The van der Waals surface area contributed by atoms with Crippen molar-refractivity contribution in [3.8, 4) is 0 Å². The number of aliphatic hydroxyl groups excluding tert-OH is 1. The standard InChI is InChI=1S/C15H14BrClO3S/c16-13-5-3-12(4-6-13)15(9-18)21(19,20)10-11-1-7-14(17)8-2-11/h1-8,15,18H,9-10H2. The number of halogens is 2. The number of benzene rings is 2. The highest BCUT2D eigenvalue weighted by Crippen LogP contribution is 2.27. The minimum atomic E-state index is -3.51. The van der Waals surface area contributed by atoms with Gasteiger partial charge in [-0.3, -0.25) is 0 Å². The molecule has 1 N–H and O–H groups in total. The molecule has 3 nitrogen and oxygen atoms in total. The lowest BCUT2D eigenvalue weighted by molar-refractivity contribution is 0.291. The molecule has 2 aromatic rings. The molecule has 2 aromatic carbocycles. The molecule has 0 fully saturated rings. The Morgan fingerprint density at radius 3 is 2.14 bits per heavy atom. The number of aliphatic hydroxyl groups is 1. The van der Waals surface area contributed by atoms with E-state index >= 15 is 0 Å². The molecule has 0 amide bonds. The van der Waals surface area contributed by atoms with Gasteiger partial charge in [0.15, 0.2) is 9.84 Å². The predicted molar refractivity (Wildman–Crippen MR) is 88.0 cm³/mol. The first-order valence-electron chi connectivity index (χ1n) is 6.25. The van der Waals surface area contributed by atoms with E-state index in [4.69, 9.17) is 11.6 Å². The topological polar surface area (TPSA) is 54.4 Å². The largest absolute Gasteiger partial charge is 0.395 e. The van der Waals surface area contributed by atoms with Gasteiger partial charge < -0.3 is 5.11 Å². The van der Waals surface area contributed by atoms with Gasteiger partial charge in [0.2, 0.25) is 0 Å². The fourth-order valence-electron chi connectivity index (χ4n) is 2.02. The van der Waals surface area contributed by atoms with Crippen molar-refractivity contribution in [3.63, 3.8) is 0 Å². The van der Waals surface area contributed by atoms with Crippen LogP contribution in [-0.4, -0.2) is 20.1 Å². The third-order valence-corrected chi connectivity index (χ3v) is 5.93. The normalized spacial score (nSPS) is 13.1. The van der Waals surface area contributed by atoms with Gasteiger partial charge in [0.05, 0.1) is 12.4 Å². The monoisotopic (exact) mass is 388 g/mol. The predicted octanol–water partition coefficient (Wildman–Crippen LogP) is 3.75. The van der Waals surface area contributed by atoms with E-state index in [1.165, 1.54) is 0 Å². The molecule has 1 unspecified atom stereocenters. The zero-order valence-electron chi connectivity index (χ0n) is 11.0. The van der Waals surface area contributed by atoms with Crippen LogP contribution in [0.3, 0.4) is 0 Å². The van der Waals surface area contributed by atoms with Crippen LogP contribution >= 0.6 is 27.5 Å². The third-order valence-electron chi connectivity index (χ3n) is 3.12. The van der Waals surface area contributed by atoms with Crippen LogP contribution in [0.15, 0.2) is 53.0 Å². The van der Waals surface area contributed by atoms with Crippen molar-refractivity contribution in [1.29, 1.82) is 0 Å². The molecular formula is C15H14BrClO3S. The molecule has 0 radical (unpaired) electrons. The van der Waals surface area contributed by atoms with E-state index in [9.17, 15) is 13.5 Å². The van der Waals surface area contributed by atoms with Gasteiger partial charge in [0.25, 0.3) is 0 Å². The summed E-state index contributed by atoms with van der Waals surface area (Å²) in [6.45, 7) is -0.447. The van der Waals surface area contributed by atoms with E-state index in [-0.39, 0.29) is 5.75 Å². The summed E-state index contributed by atoms with van der Waals surface area (Å²) in [5.41, 5.74) is 1.23. The number of rotatable bonds is 5. The van der Waals surface area contributed by atoms with Gasteiger partial charge in [-0.25, -0.2) is 8.42 Å². The van der Waals surface area contributed by atoms with Gasteiger partial charge in [-0.05, 0) is 35.4 Å². The summed E-state index contributed by atoms with van der Waals surface area (Å²) < 4.78 is 25.9. The molecular weight excluding hydrogens is 376 g/mol. The van der Waals surface area contributed by atoms with Gasteiger partial charge in [0, 0.05) is 9.50 Å². The first-order valence-corrected chi connectivity index (χ1v) is 9.13. The first-order chi connectivity index (χ1) is 9.92. The molecule has 0 aromatic heterocycles. The van der Waals surface area contributed by atoms with Crippen LogP contribution in [0.1, 0.15) is 16.4 Å². The number of hydrogen-bond acceptors (Lipinski definition) is 3. The summed E-state index contributed by atoms with van der Waals surface area (Å²) in [4.78, 5) is 0. The summed E-state index contributed by atoms with van der Waals surface area (Å²) in [5, 5.41) is 9.12. The van der Waals surface area contributed by atoms with Gasteiger partial charge in [0.1, 0.15) is 5.25 Å². The Kier molecular flexibility index (Phi) is 5.43. The summed E-state index contributed by atoms with van der Waals surface area (Å²) in [7, 11) is -3.51. The SMILES string of the molecule is O=S(=O)(Cc1ccc(Cl)cc1)C(CO)c1ccc(Br)cc1. The second-order valence-corrected chi connectivity index (χ2v) is 8.19. The Morgan fingerprint density at radius 1 is 1.05 bits per heavy atom. The molecule has 21 heavy (non-hydrogen) atoms. The molecule has 6 heteroatoms. The Bertz CT molecular complexity index is 697. The van der Waals surface area contributed by atoms with Crippen molar-refractivity contribution in [2.75, 3.05) is 6.61 Å². The second kappa shape index (κ2) is 6.92. The lowest BCUT2D eigenvalue weighted by atomic mass is 10.1. The maximum atomic E-state index is 12.5. The maximum Gasteiger partial charge on any atom is 0.163 e. The van der Waals surface area contributed by atoms with Crippen LogP contribution in [0.2, 0.25) is 5.02 Å². The van der Waals surface area contributed by atoms with E-state index in [0.717, 1.165) is 4.47 Å². The minimum absolute atomic E-state index is 0.133. The van der Waals surface area contributed by atoms with Crippen LogP contribution in [0.25, 0.3) is 0 Å². The van der Waals surface area contributed by atoms with E-state index in [1.807, 2.05) is 0 Å².